The number of hydrogen-bond donors (Lipinski definition) is 1. The minimum absolute atomic E-state index is 0.162. The monoisotopic (exact) mass is 412 g/mol. The molecule has 7 heteroatoms. The number of piperidine rings is 1. The van der Waals surface area contributed by atoms with E-state index in [1.54, 1.807) is 0 Å². The van der Waals surface area contributed by atoms with Crippen LogP contribution in [0.4, 0.5) is 5.69 Å². The van der Waals surface area contributed by atoms with E-state index in [-0.39, 0.29) is 11.5 Å². The van der Waals surface area contributed by atoms with Gasteiger partial charge in [0.25, 0.3) is 5.79 Å². The highest BCUT2D eigenvalue weighted by Crippen LogP contribution is 2.35. The summed E-state index contributed by atoms with van der Waals surface area (Å²) in [6.45, 7) is 6.67. The summed E-state index contributed by atoms with van der Waals surface area (Å²) >= 11 is 0. The number of amides is 1. The lowest BCUT2D eigenvalue weighted by atomic mass is 9.88. The van der Waals surface area contributed by atoms with Crippen LogP contribution in [0.25, 0.3) is 0 Å². The summed E-state index contributed by atoms with van der Waals surface area (Å²) in [7, 11) is 0. The molecule has 1 aromatic rings. The highest BCUT2D eigenvalue weighted by atomic mass is 16.7. The summed E-state index contributed by atoms with van der Waals surface area (Å²) in [5, 5.41) is 3.03. The Bertz CT molecular complexity index is 886. The lowest BCUT2D eigenvalue weighted by molar-refractivity contribution is -0.222. The predicted molar refractivity (Wildman–Crippen MR) is 110 cm³/mol. The Kier molecular flexibility index (Phi) is 5.30. The first-order valence-electron chi connectivity index (χ1n) is 10.6. The normalized spacial score (nSPS) is 21.7. The molecular weight excluding hydrogens is 384 g/mol. The van der Waals surface area contributed by atoms with Crippen LogP contribution in [0.2, 0.25) is 0 Å². The second-order valence-electron chi connectivity index (χ2n) is 8.83. The summed E-state index contributed by atoms with van der Waals surface area (Å²) < 4.78 is 10.2. The van der Waals surface area contributed by atoms with Crippen LogP contribution in [0.5, 0.6) is 0 Å². The van der Waals surface area contributed by atoms with E-state index in [2.05, 4.69) is 17.4 Å². The van der Waals surface area contributed by atoms with Crippen molar-refractivity contribution in [3.8, 4) is 0 Å². The van der Waals surface area contributed by atoms with Crippen molar-refractivity contribution in [1.29, 1.82) is 0 Å². The van der Waals surface area contributed by atoms with Gasteiger partial charge in [-0.2, -0.15) is 0 Å². The molecular formula is C23H28N2O5. The summed E-state index contributed by atoms with van der Waals surface area (Å²) in [6.07, 6.45) is 5.39. The van der Waals surface area contributed by atoms with Crippen LogP contribution >= 0.6 is 0 Å². The number of ether oxygens (including phenoxy) is 2. The lowest BCUT2D eigenvalue weighted by Crippen LogP contribution is -2.42. The van der Waals surface area contributed by atoms with Gasteiger partial charge >= 0.3 is 11.9 Å². The molecule has 3 fully saturated rings. The fraction of sp³-hybridized carbons (Fsp3) is 0.522. The number of likely N-dealkylation sites (tertiary alicyclic amines) is 1. The van der Waals surface area contributed by atoms with Gasteiger partial charge in [0.2, 0.25) is 5.91 Å². The summed E-state index contributed by atoms with van der Waals surface area (Å²) in [4.78, 5) is 38.3. The summed E-state index contributed by atoms with van der Waals surface area (Å²) in [5.41, 5.74) is 2.91. The van der Waals surface area contributed by atoms with E-state index < -0.39 is 17.7 Å². The number of nitrogens with one attached hydrogen (secondary N) is 1. The number of anilines is 1. The third-order valence-electron chi connectivity index (χ3n) is 5.94. The standard InChI is InChI=1S/C23H28N2O5/c1-14-12-17(15-8-10-25(11-9-15)20(26)16-4-5-16)6-7-19(14)24-13-18-21(27)29-23(2,3)30-22(18)28/h6-7,12-13,15-16,24H,4-5,8-11H2,1-3H3. The number of esters is 2. The van der Waals surface area contributed by atoms with Crippen LogP contribution in [0.1, 0.15) is 56.6 Å². The molecule has 30 heavy (non-hydrogen) atoms. The van der Waals surface area contributed by atoms with Crippen LogP contribution in [0, 0.1) is 12.8 Å². The molecule has 0 aromatic heterocycles. The number of benzene rings is 1. The molecule has 1 aromatic carbocycles. The van der Waals surface area contributed by atoms with Gasteiger partial charge in [-0.3, -0.25) is 4.79 Å². The van der Waals surface area contributed by atoms with Gasteiger partial charge in [0.15, 0.2) is 5.57 Å². The largest absolute Gasteiger partial charge is 0.419 e. The Morgan fingerprint density at radius 1 is 1.10 bits per heavy atom. The number of carbonyl (C=O) groups excluding carboxylic acids is 3. The van der Waals surface area contributed by atoms with E-state index in [0.717, 1.165) is 50.0 Å². The van der Waals surface area contributed by atoms with Gasteiger partial charge < -0.3 is 19.7 Å². The Hall–Kier alpha value is -2.83. The number of aryl methyl sites for hydroxylation is 1. The van der Waals surface area contributed by atoms with E-state index in [9.17, 15) is 14.4 Å². The molecule has 1 N–H and O–H groups in total. The van der Waals surface area contributed by atoms with Crippen LogP contribution < -0.4 is 5.32 Å². The Balaban J connectivity index is 1.38. The third kappa shape index (κ3) is 4.35. The molecule has 1 amide bonds. The zero-order valence-electron chi connectivity index (χ0n) is 17.7. The molecule has 0 atom stereocenters. The maximum atomic E-state index is 12.2. The highest BCUT2D eigenvalue weighted by molar-refractivity contribution is 6.15. The van der Waals surface area contributed by atoms with Gasteiger partial charge in [0.1, 0.15) is 0 Å². The van der Waals surface area contributed by atoms with Crippen LogP contribution in [0.3, 0.4) is 0 Å². The van der Waals surface area contributed by atoms with Gasteiger partial charge in [0, 0.05) is 44.7 Å². The highest BCUT2D eigenvalue weighted by Gasteiger charge is 2.39. The first-order chi connectivity index (χ1) is 14.2. The van der Waals surface area contributed by atoms with Crippen molar-refractivity contribution >= 4 is 23.5 Å². The van der Waals surface area contributed by atoms with E-state index in [1.165, 1.54) is 25.6 Å². The minimum atomic E-state index is -1.25. The molecule has 0 unspecified atom stereocenters. The zero-order valence-corrected chi connectivity index (χ0v) is 17.7. The average Bonchev–Trinajstić information content (AvgIpc) is 3.52. The predicted octanol–water partition coefficient (Wildman–Crippen LogP) is 3.24. The first-order valence-corrected chi connectivity index (χ1v) is 10.6. The minimum Gasteiger partial charge on any atom is -0.419 e. The van der Waals surface area contributed by atoms with E-state index in [4.69, 9.17) is 9.47 Å². The number of hydrogen-bond acceptors (Lipinski definition) is 6. The van der Waals surface area contributed by atoms with Gasteiger partial charge in [-0.15, -0.1) is 0 Å². The van der Waals surface area contributed by atoms with Crippen LogP contribution in [-0.2, 0) is 23.9 Å². The molecule has 0 radical (unpaired) electrons. The van der Waals surface area contributed by atoms with Crippen molar-refractivity contribution in [2.45, 2.75) is 58.2 Å². The molecule has 2 heterocycles. The third-order valence-corrected chi connectivity index (χ3v) is 5.94. The van der Waals surface area contributed by atoms with E-state index in [0.29, 0.717) is 11.8 Å². The van der Waals surface area contributed by atoms with Crippen molar-refractivity contribution in [2.24, 2.45) is 5.92 Å². The molecule has 1 aliphatic carbocycles. The molecule has 160 valence electrons. The molecule has 0 bridgehead atoms. The number of cyclic esters (lactones) is 2. The second-order valence-corrected chi connectivity index (χ2v) is 8.83. The molecule has 4 rings (SSSR count). The Labute approximate surface area is 176 Å². The Morgan fingerprint density at radius 3 is 2.30 bits per heavy atom. The molecule has 2 saturated heterocycles. The number of rotatable bonds is 4. The van der Waals surface area contributed by atoms with E-state index in [1.807, 2.05) is 17.9 Å². The summed E-state index contributed by atoms with van der Waals surface area (Å²) in [6, 6.07) is 6.15. The topological polar surface area (TPSA) is 84.9 Å². The van der Waals surface area contributed by atoms with Crippen molar-refractivity contribution in [3.63, 3.8) is 0 Å². The number of nitrogens with zero attached hydrogens (tertiary/aromatic N) is 1. The maximum absolute atomic E-state index is 12.2. The maximum Gasteiger partial charge on any atom is 0.350 e. The molecule has 0 spiro atoms. The molecule has 7 nitrogen and oxygen atoms in total. The fourth-order valence-electron chi connectivity index (χ4n) is 4.05. The molecule has 1 saturated carbocycles. The number of carbonyl (C=O) groups is 3. The lowest BCUT2D eigenvalue weighted by Gasteiger charge is -2.32. The van der Waals surface area contributed by atoms with Gasteiger partial charge in [-0.25, -0.2) is 9.59 Å². The smallest absolute Gasteiger partial charge is 0.350 e. The van der Waals surface area contributed by atoms with Gasteiger partial charge in [-0.05, 0) is 55.7 Å². The van der Waals surface area contributed by atoms with Crippen LogP contribution in [-0.4, -0.2) is 41.6 Å². The van der Waals surface area contributed by atoms with Crippen molar-refractivity contribution in [3.05, 3.63) is 41.1 Å². The second kappa shape index (κ2) is 7.78. The zero-order chi connectivity index (χ0) is 21.5. The first kappa shape index (κ1) is 20.4. The van der Waals surface area contributed by atoms with Gasteiger partial charge in [-0.1, -0.05) is 12.1 Å². The van der Waals surface area contributed by atoms with Crippen molar-refractivity contribution < 1.29 is 23.9 Å². The molecule has 3 aliphatic rings. The average molecular weight is 412 g/mol. The fourth-order valence-corrected chi connectivity index (χ4v) is 4.05. The van der Waals surface area contributed by atoms with Gasteiger partial charge in [0.05, 0.1) is 0 Å². The van der Waals surface area contributed by atoms with Crippen molar-refractivity contribution in [2.75, 3.05) is 18.4 Å². The van der Waals surface area contributed by atoms with Crippen molar-refractivity contribution in [1.82, 2.24) is 4.90 Å². The van der Waals surface area contributed by atoms with E-state index >= 15 is 0 Å². The summed E-state index contributed by atoms with van der Waals surface area (Å²) in [5.74, 6) is -1.60. The molecule has 2 aliphatic heterocycles. The van der Waals surface area contributed by atoms with Crippen LogP contribution in [0.15, 0.2) is 30.0 Å². The quantitative estimate of drug-likeness (QED) is 0.464. The SMILES string of the molecule is Cc1cc(C2CCN(C(=O)C3CC3)CC2)ccc1NC=C1C(=O)OC(C)(C)OC1=O. The Morgan fingerprint density at radius 2 is 1.73 bits per heavy atom.